The van der Waals surface area contributed by atoms with Gasteiger partial charge in [-0.15, -0.1) is 0 Å². The second-order valence-electron chi connectivity index (χ2n) is 3.75. The number of thiophene rings is 1. The molecule has 0 aliphatic carbocycles. The largest absolute Gasteiger partial charge is 0.306 e. The average molecular weight is 260 g/mol. The van der Waals surface area contributed by atoms with Gasteiger partial charge in [-0.1, -0.05) is 0 Å². The van der Waals surface area contributed by atoms with Crippen LogP contribution in [0, 0.1) is 0 Å². The van der Waals surface area contributed by atoms with Crippen molar-refractivity contribution >= 4 is 27.3 Å². The molecule has 1 aromatic rings. The van der Waals surface area contributed by atoms with Gasteiger partial charge < -0.3 is 4.90 Å². The third-order valence-electron chi connectivity index (χ3n) is 2.80. The summed E-state index contributed by atoms with van der Waals surface area (Å²) in [7, 11) is 2.21. The van der Waals surface area contributed by atoms with Crippen molar-refractivity contribution in [2.75, 3.05) is 20.1 Å². The van der Waals surface area contributed by atoms with Crippen molar-refractivity contribution in [3.63, 3.8) is 0 Å². The van der Waals surface area contributed by atoms with Crippen molar-refractivity contribution in [3.8, 4) is 0 Å². The summed E-state index contributed by atoms with van der Waals surface area (Å²) in [5.74, 6) is 0.789. The first-order valence-corrected chi connectivity index (χ1v) is 6.41. The Morgan fingerprint density at radius 2 is 2.08 bits per heavy atom. The second kappa shape index (κ2) is 4.11. The molecule has 0 aromatic carbocycles. The first kappa shape index (κ1) is 9.69. The SMILES string of the molecule is CN1CCC(c2cscc2Br)CC1. The highest BCUT2D eigenvalue weighted by Gasteiger charge is 2.20. The zero-order valence-corrected chi connectivity index (χ0v) is 10.2. The van der Waals surface area contributed by atoms with E-state index in [4.69, 9.17) is 0 Å². The highest BCUT2D eigenvalue weighted by Crippen LogP contribution is 2.34. The van der Waals surface area contributed by atoms with E-state index in [1.165, 1.54) is 36.0 Å². The number of halogens is 1. The van der Waals surface area contributed by atoms with E-state index < -0.39 is 0 Å². The Morgan fingerprint density at radius 3 is 2.62 bits per heavy atom. The van der Waals surface area contributed by atoms with Crippen molar-refractivity contribution in [1.29, 1.82) is 0 Å². The van der Waals surface area contributed by atoms with Crippen molar-refractivity contribution in [3.05, 3.63) is 20.8 Å². The molecule has 1 aliphatic heterocycles. The molecule has 13 heavy (non-hydrogen) atoms. The summed E-state index contributed by atoms with van der Waals surface area (Å²) in [5.41, 5.74) is 1.53. The Labute approximate surface area is 91.9 Å². The van der Waals surface area contributed by atoms with Crippen molar-refractivity contribution in [2.24, 2.45) is 0 Å². The zero-order chi connectivity index (χ0) is 9.26. The second-order valence-corrected chi connectivity index (χ2v) is 5.35. The summed E-state index contributed by atoms with van der Waals surface area (Å²) >= 11 is 5.41. The Morgan fingerprint density at radius 1 is 1.38 bits per heavy atom. The maximum absolute atomic E-state index is 3.61. The maximum atomic E-state index is 3.61. The van der Waals surface area contributed by atoms with E-state index in [1.807, 2.05) is 0 Å². The van der Waals surface area contributed by atoms with E-state index in [-0.39, 0.29) is 0 Å². The van der Waals surface area contributed by atoms with Crippen LogP contribution in [0.2, 0.25) is 0 Å². The lowest BCUT2D eigenvalue weighted by Crippen LogP contribution is -2.29. The topological polar surface area (TPSA) is 3.24 Å². The standard InChI is InChI=1S/C10H14BrNS/c1-12-4-2-8(3-5-12)9-6-13-7-10(9)11/h6-8H,2-5H2,1H3. The molecule has 1 saturated heterocycles. The van der Waals surface area contributed by atoms with Crippen molar-refractivity contribution < 1.29 is 0 Å². The minimum Gasteiger partial charge on any atom is -0.306 e. The summed E-state index contributed by atoms with van der Waals surface area (Å²) in [6, 6.07) is 0. The highest BCUT2D eigenvalue weighted by atomic mass is 79.9. The van der Waals surface area contributed by atoms with Crippen LogP contribution in [0.4, 0.5) is 0 Å². The molecular weight excluding hydrogens is 246 g/mol. The van der Waals surface area contributed by atoms with Crippen LogP contribution < -0.4 is 0 Å². The van der Waals surface area contributed by atoms with Crippen molar-refractivity contribution in [1.82, 2.24) is 4.90 Å². The van der Waals surface area contributed by atoms with Crippen LogP contribution in [0.5, 0.6) is 0 Å². The number of hydrogen-bond acceptors (Lipinski definition) is 2. The van der Waals surface area contributed by atoms with E-state index >= 15 is 0 Å². The van der Waals surface area contributed by atoms with Gasteiger partial charge in [-0.2, -0.15) is 11.3 Å². The quantitative estimate of drug-likeness (QED) is 0.748. The van der Waals surface area contributed by atoms with Gasteiger partial charge in [0.1, 0.15) is 0 Å². The monoisotopic (exact) mass is 259 g/mol. The molecule has 0 N–H and O–H groups in total. The predicted molar refractivity (Wildman–Crippen MR) is 61.5 cm³/mol. The van der Waals surface area contributed by atoms with Crippen molar-refractivity contribution in [2.45, 2.75) is 18.8 Å². The van der Waals surface area contributed by atoms with E-state index in [0.717, 1.165) is 5.92 Å². The molecule has 2 rings (SSSR count). The van der Waals surface area contributed by atoms with Gasteiger partial charge in [-0.3, -0.25) is 0 Å². The zero-order valence-electron chi connectivity index (χ0n) is 7.79. The van der Waals surface area contributed by atoms with Crippen LogP contribution in [0.15, 0.2) is 15.2 Å². The van der Waals surface area contributed by atoms with Crippen LogP contribution in [0.1, 0.15) is 24.3 Å². The Balaban J connectivity index is 2.06. The number of nitrogens with zero attached hydrogens (tertiary/aromatic N) is 1. The normalized spacial score (nSPS) is 20.8. The molecule has 0 radical (unpaired) electrons. The van der Waals surface area contributed by atoms with Gasteiger partial charge in [-0.25, -0.2) is 0 Å². The number of piperidine rings is 1. The van der Waals surface area contributed by atoms with E-state index in [9.17, 15) is 0 Å². The summed E-state index contributed by atoms with van der Waals surface area (Å²) in [6.45, 7) is 2.49. The van der Waals surface area contributed by atoms with Gasteiger partial charge in [-0.05, 0) is 65.8 Å². The lowest BCUT2D eigenvalue weighted by Gasteiger charge is -2.28. The Bertz CT molecular complexity index is 276. The molecule has 0 atom stereocenters. The van der Waals surface area contributed by atoms with Gasteiger partial charge >= 0.3 is 0 Å². The molecule has 2 heterocycles. The van der Waals surface area contributed by atoms with Crippen LogP contribution in [-0.2, 0) is 0 Å². The lowest BCUT2D eigenvalue weighted by atomic mass is 9.92. The molecule has 0 bridgehead atoms. The molecular formula is C10H14BrNS. The Hall–Kier alpha value is 0.140. The van der Waals surface area contributed by atoms with Gasteiger partial charge in [0, 0.05) is 9.85 Å². The average Bonchev–Trinajstić information content (AvgIpc) is 2.53. The summed E-state index contributed by atoms with van der Waals surface area (Å²) in [4.78, 5) is 2.41. The lowest BCUT2D eigenvalue weighted by molar-refractivity contribution is 0.255. The molecule has 1 nitrogen and oxygen atoms in total. The van der Waals surface area contributed by atoms with E-state index in [2.05, 4.69) is 38.6 Å². The molecule has 3 heteroatoms. The number of likely N-dealkylation sites (tertiary alicyclic amines) is 1. The molecule has 0 saturated carbocycles. The first-order valence-electron chi connectivity index (χ1n) is 4.67. The van der Waals surface area contributed by atoms with Gasteiger partial charge in [0.2, 0.25) is 0 Å². The molecule has 1 fully saturated rings. The third kappa shape index (κ3) is 2.14. The minimum absolute atomic E-state index is 0.789. The molecule has 0 unspecified atom stereocenters. The molecule has 0 spiro atoms. The fourth-order valence-electron chi connectivity index (χ4n) is 1.90. The van der Waals surface area contributed by atoms with E-state index in [1.54, 1.807) is 11.3 Å². The fraction of sp³-hybridized carbons (Fsp3) is 0.600. The summed E-state index contributed by atoms with van der Waals surface area (Å²) < 4.78 is 1.31. The van der Waals surface area contributed by atoms with Crippen LogP contribution in [0.25, 0.3) is 0 Å². The molecule has 72 valence electrons. The predicted octanol–water partition coefficient (Wildman–Crippen LogP) is 3.32. The molecule has 0 amide bonds. The van der Waals surface area contributed by atoms with Gasteiger partial charge in [0.15, 0.2) is 0 Å². The Kier molecular flexibility index (Phi) is 3.06. The first-order chi connectivity index (χ1) is 6.27. The van der Waals surface area contributed by atoms with Gasteiger partial charge in [0.25, 0.3) is 0 Å². The smallest absolute Gasteiger partial charge is 0.0317 e. The minimum atomic E-state index is 0.789. The highest BCUT2D eigenvalue weighted by molar-refractivity contribution is 9.10. The summed E-state index contributed by atoms with van der Waals surface area (Å²) in [5, 5.41) is 4.48. The summed E-state index contributed by atoms with van der Waals surface area (Å²) in [6.07, 6.45) is 2.62. The van der Waals surface area contributed by atoms with Crippen LogP contribution in [-0.4, -0.2) is 25.0 Å². The fourth-order valence-corrected chi connectivity index (χ4v) is 3.61. The van der Waals surface area contributed by atoms with Gasteiger partial charge in [0.05, 0.1) is 0 Å². The van der Waals surface area contributed by atoms with E-state index in [0.29, 0.717) is 0 Å². The number of rotatable bonds is 1. The van der Waals surface area contributed by atoms with Crippen LogP contribution >= 0.6 is 27.3 Å². The van der Waals surface area contributed by atoms with Crippen LogP contribution in [0.3, 0.4) is 0 Å². The maximum Gasteiger partial charge on any atom is 0.0317 e. The molecule has 1 aromatic heterocycles. The third-order valence-corrected chi connectivity index (χ3v) is 4.55. The number of hydrogen-bond donors (Lipinski definition) is 0. The molecule has 1 aliphatic rings.